The van der Waals surface area contributed by atoms with E-state index in [-0.39, 0.29) is 11.8 Å². The average molecular weight is 431 g/mol. The highest BCUT2D eigenvalue weighted by atomic mass is 35.5. The summed E-state index contributed by atoms with van der Waals surface area (Å²) in [5, 5.41) is 0.567. The van der Waals surface area contributed by atoms with Crippen LogP contribution in [0.15, 0.2) is 48.5 Å². The van der Waals surface area contributed by atoms with Crippen molar-refractivity contribution in [2.24, 2.45) is 0 Å². The molecule has 0 atom stereocenters. The number of nitrogens with zero attached hydrogens (tertiary/aromatic N) is 2. The van der Waals surface area contributed by atoms with E-state index >= 15 is 0 Å². The van der Waals surface area contributed by atoms with Crippen molar-refractivity contribution in [1.82, 2.24) is 9.80 Å². The summed E-state index contributed by atoms with van der Waals surface area (Å²) >= 11 is 6.07. The highest BCUT2D eigenvalue weighted by Crippen LogP contribution is 2.23. The molecule has 7 heteroatoms. The maximum atomic E-state index is 12.8. The van der Waals surface area contributed by atoms with Gasteiger partial charge in [-0.25, -0.2) is 0 Å². The molecule has 1 saturated heterocycles. The van der Waals surface area contributed by atoms with Crippen LogP contribution in [0.5, 0.6) is 11.5 Å². The molecule has 2 aromatic rings. The molecule has 1 heterocycles. The first-order valence-corrected chi connectivity index (χ1v) is 10.5. The smallest absolute Gasteiger partial charge is 0.254 e. The molecule has 1 fully saturated rings. The number of halogens is 1. The highest BCUT2D eigenvalue weighted by molar-refractivity contribution is 6.32. The Morgan fingerprint density at radius 1 is 1.00 bits per heavy atom. The van der Waals surface area contributed by atoms with Crippen molar-refractivity contribution >= 4 is 23.4 Å². The fourth-order valence-electron chi connectivity index (χ4n) is 3.43. The number of para-hydroxylation sites is 1. The van der Waals surface area contributed by atoms with Crippen LogP contribution in [0, 0.1) is 0 Å². The summed E-state index contributed by atoms with van der Waals surface area (Å²) in [7, 11) is 1.58. The summed E-state index contributed by atoms with van der Waals surface area (Å²) < 4.78 is 10.9. The highest BCUT2D eigenvalue weighted by Gasteiger charge is 2.23. The van der Waals surface area contributed by atoms with Crippen molar-refractivity contribution in [3.63, 3.8) is 0 Å². The summed E-state index contributed by atoms with van der Waals surface area (Å²) in [6, 6.07) is 14.5. The number of carbonyl (C=O) groups excluding carboxylic acids is 2. The fraction of sp³-hybridized carbons (Fsp3) is 0.391. The Labute approximate surface area is 182 Å². The molecule has 6 nitrogen and oxygen atoms in total. The Balaban J connectivity index is 1.45. The van der Waals surface area contributed by atoms with Crippen LogP contribution in [-0.2, 0) is 4.79 Å². The molecule has 1 aliphatic heterocycles. The lowest BCUT2D eigenvalue weighted by atomic mass is 10.2. The van der Waals surface area contributed by atoms with Gasteiger partial charge in [0.2, 0.25) is 5.91 Å². The molecule has 0 radical (unpaired) electrons. The Morgan fingerprint density at radius 3 is 2.57 bits per heavy atom. The second kappa shape index (κ2) is 10.9. The second-order valence-electron chi connectivity index (χ2n) is 7.14. The van der Waals surface area contributed by atoms with Gasteiger partial charge in [-0.05, 0) is 43.2 Å². The summed E-state index contributed by atoms with van der Waals surface area (Å²) in [4.78, 5) is 29.0. The third kappa shape index (κ3) is 5.89. The summed E-state index contributed by atoms with van der Waals surface area (Å²) in [6.07, 6.45) is 1.79. The molecule has 1 aliphatic rings. The predicted octanol–water partition coefficient (Wildman–Crippen LogP) is 3.88. The van der Waals surface area contributed by atoms with Gasteiger partial charge in [0.15, 0.2) is 0 Å². The summed E-state index contributed by atoms with van der Waals surface area (Å²) in [5.74, 6) is 1.35. The molecule has 0 bridgehead atoms. The first-order valence-electron chi connectivity index (χ1n) is 10.2. The lowest BCUT2D eigenvalue weighted by Crippen LogP contribution is -2.37. The van der Waals surface area contributed by atoms with Gasteiger partial charge in [-0.15, -0.1) is 0 Å². The van der Waals surface area contributed by atoms with E-state index in [4.69, 9.17) is 21.1 Å². The third-order valence-electron chi connectivity index (χ3n) is 5.08. The van der Waals surface area contributed by atoms with Crippen LogP contribution in [0.2, 0.25) is 5.02 Å². The number of ether oxygens (including phenoxy) is 2. The first-order chi connectivity index (χ1) is 14.6. The quantitative estimate of drug-likeness (QED) is 0.625. The van der Waals surface area contributed by atoms with Crippen molar-refractivity contribution < 1.29 is 19.1 Å². The van der Waals surface area contributed by atoms with Crippen LogP contribution in [0.4, 0.5) is 0 Å². The van der Waals surface area contributed by atoms with Crippen molar-refractivity contribution in [1.29, 1.82) is 0 Å². The number of hydrogen-bond acceptors (Lipinski definition) is 4. The zero-order valence-corrected chi connectivity index (χ0v) is 17.9. The second-order valence-corrected chi connectivity index (χ2v) is 7.55. The summed E-state index contributed by atoms with van der Waals surface area (Å²) in [5.41, 5.74) is 0.603. The van der Waals surface area contributed by atoms with Crippen molar-refractivity contribution in [2.45, 2.75) is 19.3 Å². The third-order valence-corrected chi connectivity index (χ3v) is 5.39. The molecular weight excluding hydrogens is 404 g/mol. The zero-order valence-electron chi connectivity index (χ0n) is 17.2. The van der Waals surface area contributed by atoms with Gasteiger partial charge in [0, 0.05) is 38.2 Å². The number of benzene rings is 2. The van der Waals surface area contributed by atoms with Gasteiger partial charge in [-0.2, -0.15) is 0 Å². The fourth-order valence-corrected chi connectivity index (χ4v) is 3.62. The molecule has 3 rings (SSSR count). The van der Waals surface area contributed by atoms with E-state index in [0.29, 0.717) is 67.7 Å². The number of rotatable bonds is 7. The minimum Gasteiger partial charge on any atom is -0.497 e. The van der Waals surface area contributed by atoms with E-state index < -0.39 is 0 Å². The lowest BCUT2D eigenvalue weighted by molar-refractivity contribution is -0.131. The predicted molar refractivity (Wildman–Crippen MR) is 116 cm³/mol. The number of carbonyl (C=O) groups is 2. The van der Waals surface area contributed by atoms with Crippen LogP contribution in [0.25, 0.3) is 0 Å². The molecule has 160 valence electrons. The minimum absolute atomic E-state index is 0.0312. The van der Waals surface area contributed by atoms with Crippen molar-refractivity contribution in [3.05, 3.63) is 59.1 Å². The van der Waals surface area contributed by atoms with E-state index in [2.05, 4.69) is 0 Å². The Kier molecular flexibility index (Phi) is 7.97. The molecule has 0 aromatic heterocycles. The first kappa shape index (κ1) is 22.0. The molecule has 2 amide bonds. The SMILES string of the molecule is COc1cccc(C(=O)N2CCCN(C(=O)CCCOc3ccccc3Cl)CC2)c1. The van der Waals surface area contributed by atoms with Crippen LogP contribution in [0.3, 0.4) is 0 Å². The van der Waals surface area contributed by atoms with Crippen LogP contribution in [0.1, 0.15) is 29.6 Å². The van der Waals surface area contributed by atoms with Crippen LogP contribution >= 0.6 is 11.6 Å². The maximum absolute atomic E-state index is 12.8. The Bertz CT molecular complexity index is 874. The van der Waals surface area contributed by atoms with Gasteiger partial charge < -0.3 is 19.3 Å². The number of amides is 2. The molecule has 0 saturated carbocycles. The molecule has 0 unspecified atom stereocenters. The van der Waals surface area contributed by atoms with Gasteiger partial charge in [0.1, 0.15) is 11.5 Å². The zero-order chi connectivity index (χ0) is 21.3. The van der Waals surface area contributed by atoms with Crippen LogP contribution in [-0.4, -0.2) is 61.5 Å². The van der Waals surface area contributed by atoms with Crippen LogP contribution < -0.4 is 9.47 Å². The van der Waals surface area contributed by atoms with Gasteiger partial charge >= 0.3 is 0 Å². The van der Waals surface area contributed by atoms with Crippen molar-refractivity contribution in [2.75, 3.05) is 39.9 Å². The summed E-state index contributed by atoms with van der Waals surface area (Å²) in [6.45, 7) is 2.79. The monoisotopic (exact) mass is 430 g/mol. The standard InChI is InChI=1S/C23H27ClN2O4/c1-29-19-8-4-7-18(17-19)23(28)26-13-6-12-25(14-15-26)22(27)11-5-16-30-21-10-3-2-9-20(21)24/h2-4,7-10,17H,5-6,11-16H2,1H3. The van der Waals surface area contributed by atoms with E-state index in [1.165, 1.54) is 0 Å². The topological polar surface area (TPSA) is 59.1 Å². The van der Waals surface area contributed by atoms with E-state index in [1.807, 2.05) is 40.1 Å². The number of methoxy groups -OCH3 is 1. The Morgan fingerprint density at radius 2 is 1.77 bits per heavy atom. The van der Waals surface area contributed by atoms with Gasteiger partial charge in [0.05, 0.1) is 18.7 Å². The normalized spacial score (nSPS) is 14.2. The van der Waals surface area contributed by atoms with Crippen molar-refractivity contribution in [3.8, 4) is 11.5 Å². The molecule has 30 heavy (non-hydrogen) atoms. The molecule has 0 N–H and O–H groups in total. The van der Waals surface area contributed by atoms with Gasteiger partial charge in [-0.1, -0.05) is 29.8 Å². The van der Waals surface area contributed by atoms with E-state index in [9.17, 15) is 9.59 Å². The Hall–Kier alpha value is -2.73. The minimum atomic E-state index is -0.0312. The molecule has 2 aromatic carbocycles. The van der Waals surface area contributed by atoms with E-state index in [0.717, 1.165) is 6.42 Å². The van der Waals surface area contributed by atoms with Gasteiger partial charge in [-0.3, -0.25) is 9.59 Å². The maximum Gasteiger partial charge on any atom is 0.254 e. The average Bonchev–Trinajstić information content (AvgIpc) is 3.03. The molecular formula is C23H27ClN2O4. The largest absolute Gasteiger partial charge is 0.497 e. The molecule has 0 spiro atoms. The van der Waals surface area contributed by atoms with Gasteiger partial charge in [0.25, 0.3) is 5.91 Å². The molecule has 0 aliphatic carbocycles. The number of hydrogen-bond donors (Lipinski definition) is 0. The lowest BCUT2D eigenvalue weighted by Gasteiger charge is -2.22. The van der Waals surface area contributed by atoms with E-state index in [1.54, 1.807) is 25.3 Å².